The molecule has 0 aliphatic heterocycles. The first-order valence-electron chi connectivity index (χ1n) is 0. The van der Waals surface area contributed by atoms with Gasteiger partial charge in [0.15, 0.2) is 0 Å². The zero-order chi connectivity index (χ0) is 0. The first-order valence-corrected chi connectivity index (χ1v) is 0. The molecule has 0 aliphatic rings. The van der Waals surface area contributed by atoms with Crippen LogP contribution in [0.4, 0.5) is 0 Å². The molecule has 0 bridgehead atoms. The zero-order valence-electron chi connectivity index (χ0n) is 9.50. The Bertz CT molecular complexity index is 0. The van der Waals surface area contributed by atoms with E-state index in [2.05, 4.69) is 0 Å². The van der Waals surface area contributed by atoms with Gasteiger partial charge in [-0.25, -0.2) is 0 Å². The van der Waals surface area contributed by atoms with Gasteiger partial charge >= 0.3 is 0 Å². The molecular formula is H38O19. The molecule has 19 nitrogen and oxygen atoms in total. The SMILES string of the molecule is O.O.O.O.O.O.O.O.O.O.O.O.O.O.O.O.O.O.O. The van der Waals surface area contributed by atoms with E-state index in [-0.39, 0.29) is 104 Å². The van der Waals surface area contributed by atoms with Crippen molar-refractivity contribution in [1.82, 2.24) is 0 Å². The minimum Gasteiger partial charge on any atom is -0.412 e. The summed E-state index contributed by atoms with van der Waals surface area (Å²) >= 11 is 0. The van der Waals surface area contributed by atoms with Crippen LogP contribution >= 0.6 is 0 Å². The second kappa shape index (κ2) is 7870. The fourth-order valence-electron chi connectivity index (χ4n) is 0. The van der Waals surface area contributed by atoms with Crippen LogP contribution in [0.25, 0.3) is 0 Å². The van der Waals surface area contributed by atoms with Crippen LogP contribution in [0.1, 0.15) is 0 Å². The van der Waals surface area contributed by atoms with Crippen molar-refractivity contribution in [3.8, 4) is 0 Å². The highest BCUT2D eigenvalue weighted by Crippen LogP contribution is -0.271. The average Bonchev–Trinajstić information content (AvgIpc) is 0. The van der Waals surface area contributed by atoms with Crippen molar-refractivity contribution < 1.29 is 104 Å². The predicted octanol–water partition coefficient (Wildman–Crippen LogP) is -15.7. The maximum atomic E-state index is 0. The van der Waals surface area contributed by atoms with Gasteiger partial charge in [-0.1, -0.05) is 0 Å². The average molecular weight is 342 g/mol. The van der Waals surface area contributed by atoms with Gasteiger partial charge in [-0.3, -0.25) is 0 Å². The van der Waals surface area contributed by atoms with Gasteiger partial charge < -0.3 is 104 Å². The van der Waals surface area contributed by atoms with E-state index < -0.39 is 0 Å². The lowest BCUT2D eigenvalue weighted by atomic mass is 16.0. The minimum absolute atomic E-state index is 0. The molecule has 0 saturated carbocycles. The van der Waals surface area contributed by atoms with Crippen LogP contribution in [-0.2, 0) is 0 Å². The Morgan fingerprint density at radius 2 is 0.0526 bits per heavy atom. The molecular weight excluding hydrogens is 304 g/mol. The van der Waals surface area contributed by atoms with Crippen LogP contribution in [0.2, 0.25) is 0 Å². The summed E-state index contributed by atoms with van der Waals surface area (Å²) < 4.78 is 0. The monoisotopic (exact) mass is 342 g/mol. The van der Waals surface area contributed by atoms with E-state index in [1.165, 1.54) is 0 Å². The lowest BCUT2D eigenvalue weighted by Crippen LogP contribution is -0.290. The molecule has 0 aromatic heterocycles. The first kappa shape index (κ1) is 9390. The molecule has 0 aromatic carbocycles. The summed E-state index contributed by atoms with van der Waals surface area (Å²) in [5.41, 5.74) is 0. The Kier molecular flexibility index (Phi) is 3890000. The highest BCUT2D eigenvalue weighted by molar-refractivity contribution is 0.842. The normalized spacial score (nSPS) is 0. The van der Waals surface area contributed by atoms with Crippen LogP contribution in [-0.4, -0.2) is 104 Å². The van der Waals surface area contributed by atoms with Gasteiger partial charge in [0.25, 0.3) is 0 Å². The van der Waals surface area contributed by atoms with E-state index in [4.69, 9.17) is 0 Å². The summed E-state index contributed by atoms with van der Waals surface area (Å²) in [6, 6.07) is 0. The summed E-state index contributed by atoms with van der Waals surface area (Å²) in [5.74, 6) is 0. The second-order valence-corrected chi connectivity index (χ2v) is 0. The summed E-state index contributed by atoms with van der Waals surface area (Å²) in [6.07, 6.45) is 0. The summed E-state index contributed by atoms with van der Waals surface area (Å²) in [6.45, 7) is 0. The van der Waals surface area contributed by atoms with Crippen molar-refractivity contribution in [2.24, 2.45) is 0 Å². The summed E-state index contributed by atoms with van der Waals surface area (Å²) in [5, 5.41) is 0. The molecule has 0 atom stereocenters. The molecule has 0 rings (SSSR count). The minimum atomic E-state index is 0. The molecule has 0 saturated heterocycles. The molecule has 38 N–H and O–H groups in total. The lowest BCUT2D eigenvalue weighted by Gasteiger charge is -0.413. The quantitative estimate of drug-likeness (QED) is 0.395. The van der Waals surface area contributed by atoms with Gasteiger partial charge in [-0.05, 0) is 0 Å². The van der Waals surface area contributed by atoms with E-state index >= 15 is 0 Å². The van der Waals surface area contributed by atoms with Gasteiger partial charge in [0.2, 0.25) is 0 Å². The Labute approximate surface area is 106 Å². The first-order chi connectivity index (χ1) is 0. The molecule has 0 spiro atoms. The second-order valence-electron chi connectivity index (χ2n) is 0. The molecule has 19 heteroatoms. The summed E-state index contributed by atoms with van der Waals surface area (Å²) in [7, 11) is 0. The van der Waals surface area contributed by atoms with Gasteiger partial charge in [-0.15, -0.1) is 0 Å². The molecule has 152 valence electrons. The Morgan fingerprint density at radius 1 is 0.0526 bits per heavy atom. The molecule has 0 aromatic rings. The van der Waals surface area contributed by atoms with Gasteiger partial charge in [0, 0.05) is 0 Å². The van der Waals surface area contributed by atoms with Gasteiger partial charge in [-0.2, -0.15) is 0 Å². The topological polar surface area (TPSA) is 598 Å². The lowest BCUT2D eigenvalue weighted by molar-refractivity contribution is 0.823. The molecule has 0 amide bonds. The maximum Gasteiger partial charge on any atom is -0.412 e. The number of hydrogen-bond donors (Lipinski definition) is 0. The van der Waals surface area contributed by atoms with E-state index in [0.717, 1.165) is 0 Å². The maximum absolute atomic E-state index is 0. The van der Waals surface area contributed by atoms with E-state index in [9.17, 15) is 0 Å². The Hall–Kier alpha value is -0.760. The zero-order valence-corrected chi connectivity index (χ0v) is 9.50. The number of rotatable bonds is 0. The molecule has 0 unspecified atom stereocenters. The van der Waals surface area contributed by atoms with Crippen molar-refractivity contribution in [3.63, 3.8) is 0 Å². The third-order valence-corrected chi connectivity index (χ3v) is 0. The van der Waals surface area contributed by atoms with Crippen LogP contribution in [0.15, 0.2) is 0 Å². The fourth-order valence-corrected chi connectivity index (χ4v) is 0. The highest BCUT2D eigenvalue weighted by Gasteiger charge is -0.394. The van der Waals surface area contributed by atoms with Crippen molar-refractivity contribution in [2.75, 3.05) is 0 Å². The van der Waals surface area contributed by atoms with Gasteiger partial charge in [0.05, 0.1) is 0 Å². The van der Waals surface area contributed by atoms with E-state index in [0.29, 0.717) is 0 Å². The van der Waals surface area contributed by atoms with Gasteiger partial charge in [0.1, 0.15) is 0 Å². The largest absolute Gasteiger partial charge is 0.412 e. The Balaban J connectivity index is 0. The summed E-state index contributed by atoms with van der Waals surface area (Å²) in [4.78, 5) is 0. The van der Waals surface area contributed by atoms with E-state index in [1.54, 1.807) is 0 Å². The predicted molar refractivity (Wildman–Crippen MR) is 68.7 cm³/mol. The Morgan fingerprint density at radius 3 is 0.0526 bits per heavy atom. The smallest absolute Gasteiger partial charge is 0.412 e. The highest BCUT2D eigenvalue weighted by atomic mass is 16.0. The standard InChI is InChI=1S/19H2O/h19*1H2. The van der Waals surface area contributed by atoms with E-state index in [1.807, 2.05) is 0 Å². The van der Waals surface area contributed by atoms with Crippen LogP contribution in [0, 0.1) is 0 Å². The van der Waals surface area contributed by atoms with Crippen molar-refractivity contribution in [1.29, 1.82) is 0 Å². The van der Waals surface area contributed by atoms with Crippen LogP contribution in [0.5, 0.6) is 0 Å². The molecule has 0 heterocycles. The fraction of sp³-hybridized carbons (Fsp3) is 0. The third-order valence-electron chi connectivity index (χ3n) is 0. The molecule has 19 heavy (non-hydrogen) atoms. The molecule has 0 fully saturated rings. The van der Waals surface area contributed by atoms with Crippen molar-refractivity contribution in [2.45, 2.75) is 0 Å². The van der Waals surface area contributed by atoms with Crippen LogP contribution < -0.4 is 0 Å². The molecule has 0 radical (unpaired) electrons. The third kappa shape index (κ3) is 6930. The molecule has 0 aliphatic carbocycles. The van der Waals surface area contributed by atoms with Crippen LogP contribution in [0.3, 0.4) is 0 Å². The number of hydrogen-bond acceptors (Lipinski definition) is 0. The van der Waals surface area contributed by atoms with Crippen molar-refractivity contribution >= 4 is 0 Å². The van der Waals surface area contributed by atoms with Crippen molar-refractivity contribution in [3.05, 3.63) is 0 Å².